The number of carbonyl (C=O) groups is 1. The number of fused-ring (bicyclic) bond motifs is 3. The summed E-state index contributed by atoms with van der Waals surface area (Å²) in [7, 11) is -3.93. The van der Waals surface area contributed by atoms with Crippen molar-refractivity contribution < 1.29 is 17.9 Å². The average molecular weight is 489 g/mol. The molecule has 1 atom stereocenters. The van der Waals surface area contributed by atoms with Crippen molar-refractivity contribution in [3.05, 3.63) is 52.5 Å². The normalized spacial score (nSPS) is 22.5. The predicted octanol–water partition coefficient (Wildman–Crippen LogP) is 4.44. The molecule has 0 saturated heterocycles. The largest absolute Gasteiger partial charge is 0.490 e. The second kappa shape index (κ2) is 8.51. The lowest BCUT2D eigenvalue weighted by molar-refractivity contribution is -0.117. The molecule has 1 fully saturated rings. The molecule has 1 unspecified atom stereocenters. The molecule has 0 bridgehead atoms. The number of carbonyl (C=O) groups excluding carboxylic acids is 1. The number of nitrogens with one attached hydrogen (secondary N) is 1. The molecule has 8 heteroatoms. The summed E-state index contributed by atoms with van der Waals surface area (Å²) in [5.74, 6) is 0.676. The molecule has 176 valence electrons. The first-order valence-corrected chi connectivity index (χ1v) is 13.5. The van der Waals surface area contributed by atoms with Crippen molar-refractivity contribution in [3.63, 3.8) is 0 Å². The van der Waals surface area contributed by atoms with Crippen molar-refractivity contribution in [2.24, 2.45) is 5.92 Å². The van der Waals surface area contributed by atoms with E-state index in [9.17, 15) is 13.2 Å². The van der Waals surface area contributed by atoms with Gasteiger partial charge in [0, 0.05) is 30.5 Å². The molecule has 5 rings (SSSR count). The first kappa shape index (κ1) is 22.5. The van der Waals surface area contributed by atoms with Crippen LogP contribution in [0.5, 0.6) is 5.75 Å². The molecule has 1 heterocycles. The number of hydrogen-bond acceptors (Lipinski definition) is 5. The lowest BCUT2D eigenvalue weighted by Gasteiger charge is -2.42. The number of hydrogen-bond donors (Lipinski definition) is 1. The highest BCUT2D eigenvalue weighted by atomic mass is 35.5. The van der Waals surface area contributed by atoms with Crippen molar-refractivity contribution in [1.82, 2.24) is 4.72 Å². The standard InChI is InChI=1S/C25H29ClN2O4S/c1-17(29)27-33(30,31)21-8-10-24-23(13-21)28(14-18-4-2-5-18)15-25(16-32-24)11-3-6-19-12-20(26)7-9-22(19)25/h7-10,12-13,18H,2-6,11,14-16H2,1H3,(H,27,29). The predicted molar refractivity (Wildman–Crippen MR) is 129 cm³/mol. The van der Waals surface area contributed by atoms with Gasteiger partial charge in [-0.15, -0.1) is 0 Å². The number of halogens is 1. The molecule has 0 radical (unpaired) electrons. The number of amides is 1. The summed E-state index contributed by atoms with van der Waals surface area (Å²) in [6, 6.07) is 11.1. The zero-order valence-electron chi connectivity index (χ0n) is 18.8. The molecular weight excluding hydrogens is 460 g/mol. The van der Waals surface area contributed by atoms with E-state index in [2.05, 4.69) is 21.8 Å². The van der Waals surface area contributed by atoms with Gasteiger partial charge in [0.15, 0.2) is 0 Å². The van der Waals surface area contributed by atoms with E-state index in [-0.39, 0.29) is 10.3 Å². The van der Waals surface area contributed by atoms with E-state index in [1.807, 2.05) is 6.07 Å². The maximum Gasteiger partial charge on any atom is 0.264 e. The Balaban J connectivity index is 1.57. The second-order valence-corrected chi connectivity index (χ2v) is 11.8. The van der Waals surface area contributed by atoms with Crippen molar-refractivity contribution >= 4 is 33.2 Å². The molecule has 2 aromatic carbocycles. The zero-order valence-corrected chi connectivity index (χ0v) is 20.3. The summed E-state index contributed by atoms with van der Waals surface area (Å²) in [5, 5.41) is 0.753. The van der Waals surface area contributed by atoms with Crippen molar-refractivity contribution in [1.29, 1.82) is 0 Å². The number of sulfonamides is 1. The van der Waals surface area contributed by atoms with Gasteiger partial charge in [-0.05, 0) is 79.5 Å². The van der Waals surface area contributed by atoms with Gasteiger partial charge in [-0.25, -0.2) is 13.1 Å². The Kier molecular flexibility index (Phi) is 5.81. The maximum absolute atomic E-state index is 12.7. The fraction of sp³-hybridized carbons (Fsp3) is 0.480. The van der Waals surface area contributed by atoms with Crippen LogP contribution in [0.15, 0.2) is 41.3 Å². The van der Waals surface area contributed by atoms with Crippen LogP contribution in [-0.2, 0) is 26.7 Å². The van der Waals surface area contributed by atoms with Gasteiger partial charge in [-0.1, -0.05) is 24.1 Å². The highest BCUT2D eigenvalue weighted by Crippen LogP contribution is 2.45. The maximum atomic E-state index is 12.7. The SMILES string of the molecule is CC(=O)NS(=O)(=O)c1ccc2c(c1)N(CC1CCC1)CC1(CCCc3cc(Cl)ccc31)CO2. The molecule has 3 aliphatic rings. The van der Waals surface area contributed by atoms with Crippen LogP contribution < -0.4 is 14.4 Å². The Morgan fingerprint density at radius 1 is 1.21 bits per heavy atom. The van der Waals surface area contributed by atoms with Crippen molar-refractivity contribution in [2.45, 2.75) is 55.8 Å². The average Bonchev–Trinajstić information content (AvgIpc) is 2.87. The van der Waals surface area contributed by atoms with E-state index in [0.717, 1.165) is 43.1 Å². The Bertz CT molecular complexity index is 1190. The number of aryl methyl sites for hydroxylation is 1. The fourth-order valence-electron chi connectivity index (χ4n) is 5.50. The second-order valence-electron chi connectivity index (χ2n) is 9.69. The van der Waals surface area contributed by atoms with Gasteiger partial charge in [0.2, 0.25) is 5.91 Å². The fourth-order valence-corrected chi connectivity index (χ4v) is 6.70. The van der Waals surface area contributed by atoms with Crippen molar-refractivity contribution in [3.8, 4) is 5.75 Å². The molecule has 33 heavy (non-hydrogen) atoms. The third-order valence-electron chi connectivity index (χ3n) is 7.30. The van der Waals surface area contributed by atoms with Gasteiger partial charge in [0.05, 0.1) is 17.2 Å². The highest BCUT2D eigenvalue weighted by molar-refractivity contribution is 7.90. The van der Waals surface area contributed by atoms with Crippen LogP contribution in [0, 0.1) is 5.92 Å². The van der Waals surface area contributed by atoms with Crippen LogP contribution in [0.2, 0.25) is 5.02 Å². The van der Waals surface area contributed by atoms with Crippen molar-refractivity contribution in [2.75, 3.05) is 24.6 Å². The minimum atomic E-state index is -3.93. The number of anilines is 1. The quantitative estimate of drug-likeness (QED) is 0.688. The van der Waals surface area contributed by atoms with E-state index >= 15 is 0 Å². The molecule has 1 aliphatic heterocycles. The first-order chi connectivity index (χ1) is 15.8. The molecule has 0 aromatic heterocycles. The summed E-state index contributed by atoms with van der Waals surface area (Å²) >= 11 is 6.30. The lowest BCUT2D eigenvalue weighted by atomic mass is 9.70. The third kappa shape index (κ3) is 4.33. The Morgan fingerprint density at radius 2 is 2.03 bits per heavy atom. The van der Waals surface area contributed by atoms with Gasteiger partial charge in [-0.2, -0.15) is 0 Å². The van der Waals surface area contributed by atoms with E-state index in [1.54, 1.807) is 12.1 Å². The number of ether oxygens (including phenoxy) is 1. The van der Waals surface area contributed by atoms with Gasteiger partial charge >= 0.3 is 0 Å². The third-order valence-corrected chi connectivity index (χ3v) is 8.97. The Hall–Kier alpha value is -2.25. The molecule has 2 aliphatic carbocycles. The summed E-state index contributed by atoms with van der Waals surface area (Å²) in [6.45, 7) is 3.36. The molecule has 6 nitrogen and oxygen atoms in total. The van der Waals surface area contributed by atoms with Crippen LogP contribution in [0.3, 0.4) is 0 Å². The number of rotatable bonds is 4. The van der Waals surface area contributed by atoms with Crippen LogP contribution >= 0.6 is 11.6 Å². The topological polar surface area (TPSA) is 75.7 Å². The van der Waals surface area contributed by atoms with Gasteiger partial charge in [0.25, 0.3) is 10.0 Å². The lowest BCUT2D eigenvalue weighted by Crippen LogP contribution is -2.47. The molecule has 1 spiro atoms. The minimum absolute atomic E-state index is 0.0745. The summed E-state index contributed by atoms with van der Waals surface area (Å²) < 4.78 is 33.9. The monoisotopic (exact) mass is 488 g/mol. The molecule has 1 saturated carbocycles. The summed E-state index contributed by atoms with van der Waals surface area (Å²) in [4.78, 5) is 13.8. The van der Waals surface area contributed by atoms with Crippen LogP contribution in [0.1, 0.15) is 50.2 Å². The van der Waals surface area contributed by atoms with Crippen LogP contribution in [-0.4, -0.2) is 34.0 Å². The molecular formula is C25H29ClN2O4S. The highest BCUT2D eigenvalue weighted by Gasteiger charge is 2.42. The molecule has 1 amide bonds. The summed E-state index contributed by atoms with van der Waals surface area (Å²) in [5.41, 5.74) is 3.17. The number of nitrogens with zero attached hydrogens (tertiary/aromatic N) is 1. The van der Waals surface area contributed by atoms with Gasteiger partial charge in [-0.3, -0.25) is 4.79 Å². The van der Waals surface area contributed by atoms with E-state index in [0.29, 0.717) is 18.3 Å². The van der Waals surface area contributed by atoms with Crippen LogP contribution in [0.25, 0.3) is 0 Å². The molecule has 2 aromatic rings. The first-order valence-electron chi connectivity index (χ1n) is 11.6. The van der Waals surface area contributed by atoms with E-state index in [4.69, 9.17) is 16.3 Å². The Labute approximate surface area is 200 Å². The minimum Gasteiger partial charge on any atom is -0.490 e. The zero-order chi connectivity index (χ0) is 23.2. The smallest absolute Gasteiger partial charge is 0.264 e. The Morgan fingerprint density at radius 3 is 2.76 bits per heavy atom. The van der Waals surface area contributed by atoms with E-state index < -0.39 is 15.9 Å². The number of benzene rings is 2. The van der Waals surface area contributed by atoms with Gasteiger partial charge < -0.3 is 9.64 Å². The molecule has 1 N–H and O–H groups in total. The van der Waals surface area contributed by atoms with E-state index in [1.165, 1.54) is 43.4 Å². The van der Waals surface area contributed by atoms with Gasteiger partial charge in [0.1, 0.15) is 5.75 Å². The summed E-state index contributed by atoms with van der Waals surface area (Å²) in [6.07, 6.45) is 6.70. The van der Waals surface area contributed by atoms with Crippen LogP contribution in [0.4, 0.5) is 5.69 Å².